The third-order valence-electron chi connectivity index (χ3n) is 4.09. The van der Waals surface area contributed by atoms with Gasteiger partial charge in [-0.3, -0.25) is 9.59 Å². The molecule has 1 aromatic carbocycles. The molecule has 0 saturated heterocycles. The zero-order valence-corrected chi connectivity index (χ0v) is 14.3. The van der Waals surface area contributed by atoms with Crippen LogP contribution in [0.1, 0.15) is 25.8 Å². The maximum atomic E-state index is 12.1. The lowest BCUT2D eigenvalue weighted by Gasteiger charge is -2.29. The van der Waals surface area contributed by atoms with Gasteiger partial charge in [0.1, 0.15) is 5.75 Å². The topological polar surface area (TPSA) is 93.1 Å². The molecule has 0 aromatic heterocycles. The number of rotatable bonds is 6. The molecule has 25 heavy (non-hydrogen) atoms. The molecule has 134 valence electrons. The summed E-state index contributed by atoms with van der Waals surface area (Å²) in [5.74, 6) is -1.04. The lowest BCUT2D eigenvalue weighted by Crippen LogP contribution is -2.30. The second kappa shape index (κ2) is 8.48. The molecule has 0 spiro atoms. The van der Waals surface area contributed by atoms with Gasteiger partial charge in [0, 0.05) is 23.5 Å². The van der Waals surface area contributed by atoms with Crippen molar-refractivity contribution in [3.8, 4) is 5.75 Å². The molecule has 0 saturated carbocycles. The second-order valence-electron chi connectivity index (χ2n) is 5.80. The minimum Gasteiger partial charge on any atom is -0.508 e. The van der Waals surface area contributed by atoms with Crippen molar-refractivity contribution in [2.24, 2.45) is 5.92 Å². The predicted molar refractivity (Wildman–Crippen MR) is 90.5 cm³/mol. The number of ketones is 1. The number of carbonyl (C=O) groups excluding carboxylic acids is 2. The van der Waals surface area contributed by atoms with Gasteiger partial charge in [0.05, 0.1) is 19.3 Å². The van der Waals surface area contributed by atoms with E-state index in [4.69, 9.17) is 9.47 Å². The number of hydrogen-bond donors (Lipinski definition) is 2. The van der Waals surface area contributed by atoms with Crippen molar-refractivity contribution in [3.63, 3.8) is 0 Å². The summed E-state index contributed by atoms with van der Waals surface area (Å²) in [4.78, 5) is 23.9. The predicted octanol–water partition coefficient (Wildman–Crippen LogP) is 2.25. The third-order valence-corrected chi connectivity index (χ3v) is 4.09. The van der Waals surface area contributed by atoms with Crippen molar-refractivity contribution >= 4 is 11.8 Å². The van der Waals surface area contributed by atoms with Crippen molar-refractivity contribution in [3.05, 3.63) is 53.3 Å². The Morgan fingerprint density at radius 1 is 1.28 bits per heavy atom. The van der Waals surface area contributed by atoms with Crippen LogP contribution >= 0.6 is 0 Å². The molecule has 0 fully saturated rings. The molecule has 6 heteroatoms. The van der Waals surface area contributed by atoms with Crippen LogP contribution in [0.4, 0.5) is 0 Å². The number of carbonyl (C=O) groups is 2. The van der Waals surface area contributed by atoms with Gasteiger partial charge in [0.15, 0.2) is 5.78 Å². The number of aliphatic hydroxyl groups is 1. The summed E-state index contributed by atoms with van der Waals surface area (Å²) >= 11 is 0. The molecule has 0 amide bonds. The molecule has 1 aliphatic rings. The fraction of sp³-hybridized carbons (Fsp3) is 0.368. The number of benzene rings is 1. The number of esters is 1. The molecular formula is C19H22O6. The van der Waals surface area contributed by atoms with Crippen LogP contribution in [0.15, 0.2) is 47.7 Å². The summed E-state index contributed by atoms with van der Waals surface area (Å²) in [6.45, 7) is 3.30. The van der Waals surface area contributed by atoms with Gasteiger partial charge >= 0.3 is 5.97 Å². The Morgan fingerprint density at radius 2 is 1.96 bits per heavy atom. The van der Waals surface area contributed by atoms with Crippen LogP contribution in [0.3, 0.4) is 0 Å². The number of ether oxygens (including phenoxy) is 2. The fourth-order valence-corrected chi connectivity index (χ4v) is 2.72. The lowest BCUT2D eigenvalue weighted by atomic mass is 9.84. The smallest absolute Gasteiger partial charge is 0.306 e. The van der Waals surface area contributed by atoms with Gasteiger partial charge in [-0.05, 0) is 31.5 Å². The van der Waals surface area contributed by atoms with Crippen LogP contribution in [0.2, 0.25) is 0 Å². The molecule has 1 aromatic rings. The van der Waals surface area contributed by atoms with Gasteiger partial charge in [0.2, 0.25) is 6.29 Å². The highest BCUT2D eigenvalue weighted by Crippen LogP contribution is 2.32. The first-order valence-corrected chi connectivity index (χ1v) is 8.06. The molecule has 2 rings (SSSR count). The summed E-state index contributed by atoms with van der Waals surface area (Å²) in [5, 5.41) is 19.1. The molecule has 0 aliphatic carbocycles. The summed E-state index contributed by atoms with van der Waals surface area (Å²) in [6, 6.07) is 6.66. The average molecular weight is 346 g/mol. The second-order valence-corrected chi connectivity index (χ2v) is 5.80. The molecule has 1 heterocycles. The highest BCUT2D eigenvalue weighted by molar-refractivity contribution is 5.95. The van der Waals surface area contributed by atoms with E-state index < -0.39 is 18.2 Å². The third kappa shape index (κ3) is 4.93. The summed E-state index contributed by atoms with van der Waals surface area (Å²) in [6.07, 6.45) is 2.18. The quantitative estimate of drug-likeness (QED) is 0.606. The maximum absolute atomic E-state index is 12.1. The van der Waals surface area contributed by atoms with Crippen molar-refractivity contribution < 1.29 is 29.3 Å². The monoisotopic (exact) mass is 346 g/mol. The molecule has 1 aliphatic heterocycles. The zero-order chi connectivity index (χ0) is 18.4. The van der Waals surface area contributed by atoms with Gasteiger partial charge in [-0.1, -0.05) is 18.2 Å². The van der Waals surface area contributed by atoms with Crippen LogP contribution in [0, 0.1) is 5.92 Å². The number of aromatic hydroxyl groups is 1. The normalized spacial score (nSPS) is 21.4. The Balaban J connectivity index is 1.95. The van der Waals surface area contributed by atoms with Gasteiger partial charge in [-0.2, -0.15) is 0 Å². The average Bonchev–Trinajstić information content (AvgIpc) is 2.56. The summed E-state index contributed by atoms with van der Waals surface area (Å²) in [5.41, 5.74) is 1.75. The fourth-order valence-electron chi connectivity index (χ4n) is 2.72. The van der Waals surface area contributed by atoms with Crippen LogP contribution in [-0.4, -0.2) is 34.9 Å². The largest absolute Gasteiger partial charge is 0.508 e. The number of phenols is 1. The molecule has 2 atom stereocenters. The van der Waals surface area contributed by atoms with Gasteiger partial charge < -0.3 is 19.7 Å². The first-order chi connectivity index (χ1) is 11.9. The van der Waals surface area contributed by atoms with E-state index in [1.54, 1.807) is 37.3 Å². The van der Waals surface area contributed by atoms with Gasteiger partial charge in [-0.25, -0.2) is 0 Å². The van der Waals surface area contributed by atoms with Crippen molar-refractivity contribution in [2.45, 2.75) is 33.0 Å². The standard InChI is InChI=1S/C19H22O6/c1-3-15-16(17(12(2)20)11-25-19(15)23)10-18(22)24-9-8-13-4-6-14(21)7-5-13/h3-7,11,16,19,21,23H,8-10H2,1-2H3/b15-3-/t16-,19+/m1/s1. The highest BCUT2D eigenvalue weighted by atomic mass is 16.6. The minimum atomic E-state index is -1.16. The molecular weight excluding hydrogens is 324 g/mol. The Labute approximate surface area is 146 Å². The lowest BCUT2D eigenvalue weighted by molar-refractivity contribution is -0.144. The van der Waals surface area contributed by atoms with E-state index in [9.17, 15) is 19.8 Å². The van der Waals surface area contributed by atoms with E-state index in [2.05, 4.69) is 0 Å². The molecule has 0 unspecified atom stereocenters. The van der Waals surface area contributed by atoms with Crippen LogP contribution in [0.5, 0.6) is 5.75 Å². The molecule has 0 radical (unpaired) electrons. The number of allylic oxidation sites excluding steroid dienone is 2. The van der Waals surface area contributed by atoms with E-state index in [0.29, 0.717) is 17.6 Å². The van der Waals surface area contributed by atoms with Crippen molar-refractivity contribution in [1.29, 1.82) is 0 Å². The summed E-state index contributed by atoms with van der Waals surface area (Å²) < 4.78 is 10.3. The van der Waals surface area contributed by atoms with E-state index in [-0.39, 0.29) is 24.6 Å². The first-order valence-electron chi connectivity index (χ1n) is 8.06. The van der Waals surface area contributed by atoms with E-state index in [1.807, 2.05) is 0 Å². The summed E-state index contributed by atoms with van der Waals surface area (Å²) in [7, 11) is 0. The van der Waals surface area contributed by atoms with Crippen LogP contribution in [0.25, 0.3) is 0 Å². The minimum absolute atomic E-state index is 0.0406. The SMILES string of the molecule is C/C=C1\[C@@H](O)OC=C(C(C)=O)[C@@H]1CC(=O)OCCc1ccc(O)cc1. The van der Waals surface area contributed by atoms with Gasteiger partial charge in [0.25, 0.3) is 0 Å². The Kier molecular flexibility index (Phi) is 6.36. The highest BCUT2D eigenvalue weighted by Gasteiger charge is 2.33. The first kappa shape index (κ1) is 18.7. The molecule has 2 N–H and O–H groups in total. The number of Topliss-reactive ketones (excluding diaryl/α,β-unsaturated/α-hetero) is 1. The Hall–Kier alpha value is -2.60. The number of phenolic OH excluding ortho intramolecular Hbond substituents is 1. The molecule has 6 nitrogen and oxygen atoms in total. The number of hydrogen-bond acceptors (Lipinski definition) is 6. The van der Waals surface area contributed by atoms with E-state index >= 15 is 0 Å². The Bertz CT molecular complexity index is 686. The number of aliphatic hydroxyl groups excluding tert-OH is 1. The zero-order valence-electron chi connectivity index (χ0n) is 14.3. The van der Waals surface area contributed by atoms with Gasteiger partial charge in [-0.15, -0.1) is 0 Å². The van der Waals surface area contributed by atoms with E-state index in [1.165, 1.54) is 13.2 Å². The van der Waals surface area contributed by atoms with Crippen molar-refractivity contribution in [1.82, 2.24) is 0 Å². The Morgan fingerprint density at radius 3 is 2.56 bits per heavy atom. The maximum Gasteiger partial charge on any atom is 0.306 e. The van der Waals surface area contributed by atoms with Crippen LogP contribution < -0.4 is 0 Å². The van der Waals surface area contributed by atoms with Crippen molar-refractivity contribution in [2.75, 3.05) is 6.61 Å². The molecule has 0 bridgehead atoms. The van der Waals surface area contributed by atoms with E-state index in [0.717, 1.165) is 5.56 Å². The van der Waals surface area contributed by atoms with Crippen LogP contribution in [-0.2, 0) is 25.5 Å².